The minimum atomic E-state index is 0.487. The van der Waals surface area contributed by atoms with Gasteiger partial charge in [-0.2, -0.15) is 0 Å². The molecule has 0 aliphatic heterocycles. The Balaban J connectivity index is 1.63. The van der Waals surface area contributed by atoms with Crippen LogP contribution in [0, 0.1) is 0 Å². The number of imidazole rings is 1. The molecular weight excluding hydrogens is 342 g/mol. The van der Waals surface area contributed by atoms with Crippen LogP contribution in [-0.4, -0.2) is 19.6 Å². The Labute approximate surface area is 156 Å². The number of hydrogen-bond acceptors (Lipinski definition) is 3. The molecular formula is C20H17N5S. The zero-order chi connectivity index (χ0) is 17.8. The number of hydrogen-bond donors (Lipinski definition) is 2. The van der Waals surface area contributed by atoms with Crippen molar-refractivity contribution >= 4 is 40.0 Å². The third-order valence-corrected chi connectivity index (χ3v) is 4.21. The maximum atomic E-state index is 5.45. The largest absolute Gasteiger partial charge is 0.332 e. The third kappa shape index (κ3) is 3.55. The van der Waals surface area contributed by atoms with Crippen molar-refractivity contribution in [3.05, 3.63) is 84.7 Å². The highest BCUT2D eigenvalue weighted by Crippen LogP contribution is 2.21. The van der Waals surface area contributed by atoms with Crippen molar-refractivity contribution in [2.24, 2.45) is 0 Å². The SMILES string of the molecule is S=C(Nc1ccncc1)Nc1nc2ccccc2n1Cc1ccccc1. The number of aromatic nitrogens is 3. The molecule has 0 spiro atoms. The van der Waals surface area contributed by atoms with Gasteiger partial charge in [-0.15, -0.1) is 0 Å². The van der Waals surface area contributed by atoms with Gasteiger partial charge in [0.1, 0.15) is 0 Å². The standard InChI is InChI=1S/C20H17N5S/c26-20(22-16-10-12-21-13-11-16)24-19-23-17-8-4-5-9-18(17)25(19)14-15-6-2-1-3-7-15/h1-13H,14H2,(H2,21,22,23,24,26). The summed E-state index contributed by atoms with van der Waals surface area (Å²) in [6.07, 6.45) is 3.44. The second-order valence-electron chi connectivity index (χ2n) is 5.81. The predicted octanol–water partition coefficient (Wildman–Crippen LogP) is 4.29. The molecule has 2 N–H and O–H groups in total. The van der Waals surface area contributed by atoms with Gasteiger partial charge in [-0.1, -0.05) is 42.5 Å². The Morgan fingerprint density at radius 1 is 0.885 bits per heavy atom. The molecule has 0 amide bonds. The molecule has 128 valence electrons. The van der Waals surface area contributed by atoms with Crippen LogP contribution in [0.25, 0.3) is 11.0 Å². The van der Waals surface area contributed by atoms with Gasteiger partial charge in [-0.25, -0.2) is 4.98 Å². The van der Waals surface area contributed by atoms with Crippen LogP contribution >= 0.6 is 12.2 Å². The van der Waals surface area contributed by atoms with Gasteiger partial charge < -0.3 is 15.2 Å². The maximum absolute atomic E-state index is 5.45. The van der Waals surface area contributed by atoms with E-state index in [0.29, 0.717) is 17.6 Å². The predicted molar refractivity (Wildman–Crippen MR) is 109 cm³/mol. The van der Waals surface area contributed by atoms with Gasteiger partial charge in [0.2, 0.25) is 5.95 Å². The molecule has 2 heterocycles. The van der Waals surface area contributed by atoms with E-state index < -0.39 is 0 Å². The summed E-state index contributed by atoms with van der Waals surface area (Å²) in [7, 11) is 0. The average Bonchev–Trinajstić information content (AvgIpc) is 3.00. The van der Waals surface area contributed by atoms with Crippen molar-refractivity contribution in [2.45, 2.75) is 6.54 Å². The van der Waals surface area contributed by atoms with Crippen LogP contribution in [0.4, 0.5) is 11.6 Å². The van der Waals surface area contributed by atoms with Gasteiger partial charge >= 0.3 is 0 Å². The number of fused-ring (bicyclic) bond motifs is 1. The monoisotopic (exact) mass is 359 g/mol. The van der Waals surface area contributed by atoms with Crippen molar-refractivity contribution in [2.75, 3.05) is 10.6 Å². The van der Waals surface area contributed by atoms with Crippen molar-refractivity contribution in [1.29, 1.82) is 0 Å². The lowest BCUT2D eigenvalue weighted by atomic mass is 10.2. The Morgan fingerprint density at radius 2 is 1.62 bits per heavy atom. The number of para-hydroxylation sites is 2. The molecule has 5 nitrogen and oxygen atoms in total. The lowest BCUT2D eigenvalue weighted by molar-refractivity contribution is 0.837. The Kier molecular flexibility index (Phi) is 4.57. The molecule has 0 aliphatic rings. The van der Waals surface area contributed by atoms with Crippen molar-refractivity contribution in [3.8, 4) is 0 Å². The summed E-state index contributed by atoms with van der Waals surface area (Å²) in [5, 5.41) is 6.86. The summed E-state index contributed by atoms with van der Waals surface area (Å²) in [4.78, 5) is 8.71. The highest BCUT2D eigenvalue weighted by atomic mass is 32.1. The smallest absolute Gasteiger partial charge is 0.210 e. The van der Waals surface area contributed by atoms with E-state index in [4.69, 9.17) is 17.2 Å². The first-order valence-corrected chi connectivity index (χ1v) is 8.68. The first kappa shape index (κ1) is 16.2. The van der Waals surface area contributed by atoms with E-state index in [2.05, 4.69) is 38.4 Å². The summed E-state index contributed by atoms with van der Waals surface area (Å²) in [6, 6.07) is 22.1. The summed E-state index contributed by atoms with van der Waals surface area (Å²) >= 11 is 5.45. The average molecular weight is 359 g/mol. The Hall–Kier alpha value is -3.25. The number of thiocarbonyl (C=S) groups is 1. The number of anilines is 2. The summed E-state index contributed by atoms with van der Waals surface area (Å²) in [5.41, 5.74) is 4.07. The lowest BCUT2D eigenvalue weighted by Gasteiger charge is -2.13. The van der Waals surface area contributed by atoms with E-state index in [1.165, 1.54) is 5.56 Å². The number of nitrogens with one attached hydrogen (secondary N) is 2. The first-order valence-electron chi connectivity index (χ1n) is 8.27. The molecule has 0 saturated carbocycles. The zero-order valence-electron chi connectivity index (χ0n) is 14.0. The molecule has 2 aromatic heterocycles. The van der Waals surface area contributed by atoms with Gasteiger partial charge in [0.15, 0.2) is 5.11 Å². The van der Waals surface area contributed by atoms with Crippen molar-refractivity contribution < 1.29 is 0 Å². The molecule has 26 heavy (non-hydrogen) atoms. The van der Waals surface area contributed by atoms with Crippen LogP contribution in [-0.2, 0) is 6.54 Å². The van der Waals surface area contributed by atoms with E-state index in [1.807, 2.05) is 48.5 Å². The van der Waals surface area contributed by atoms with E-state index in [-0.39, 0.29) is 0 Å². The van der Waals surface area contributed by atoms with Gasteiger partial charge in [0.05, 0.1) is 17.6 Å². The van der Waals surface area contributed by atoms with E-state index in [1.54, 1.807) is 12.4 Å². The van der Waals surface area contributed by atoms with Crippen LogP contribution in [0.5, 0.6) is 0 Å². The summed E-state index contributed by atoms with van der Waals surface area (Å²) in [6.45, 7) is 0.710. The van der Waals surface area contributed by atoms with Crippen LogP contribution in [0.15, 0.2) is 79.1 Å². The minimum Gasteiger partial charge on any atom is -0.332 e. The second kappa shape index (κ2) is 7.33. The van der Waals surface area contributed by atoms with Gasteiger partial charge in [0, 0.05) is 18.1 Å². The number of pyridine rings is 1. The third-order valence-electron chi connectivity index (χ3n) is 4.00. The molecule has 6 heteroatoms. The second-order valence-corrected chi connectivity index (χ2v) is 6.22. The number of rotatable bonds is 4. The van der Waals surface area contributed by atoms with Crippen LogP contribution < -0.4 is 10.6 Å². The molecule has 0 atom stereocenters. The fourth-order valence-electron chi connectivity index (χ4n) is 2.80. The molecule has 0 unspecified atom stereocenters. The normalized spacial score (nSPS) is 10.6. The Morgan fingerprint density at radius 3 is 2.42 bits per heavy atom. The van der Waals surface area contributed by atoms with Crippen LogP contribution in [0.1, 0.15) is 5.56 Å². The molecule has 0 saturated heterocycles. The fraction of sp³-hybridized carbons (Fsp3) is 0.0500. The molecule has 0 aliphatic carbocycles. The summed E-state index contributed by atoms with van der Waals surface area (Å²) in [5.74, 6) is 0.710. The van der Waals surface area contributed by atoms with E-state index in [9.17, 15) is 0 Å². The molecule has 4 aromatic rings. The maximum Gasteiger partial charge on any atom is 0.210 e. The minimum absolute atomic E-state index is 0.487. The molecule has 0 fully saturated rings. The van der Waals surface area contributed by atoms with Crippen LogP contribution in [0.3, 0.4) is 0 Å². The van der Waals surface area contributed by atoms with Gasteiger partial charge in [-0.3, -0.25) is 4.98 Å². The lowest BCUT2D eigenvalue weighted by Crippen LogP contribution is -2.21. The molecule has 0 radical (unpaired) electrons. The highest BCUT2D eigenvalue weighted by molar-refractivity contribution is 7.80. The quantitative estimate of drug-likeness (QED) is 0.533. The molecule has 4 rings (SSSR count). The topological polar surface area (TPSA) is 54.8 Å². The molecule has 0 bridgehead atoms. The molecule has 2 aromatic carbocycles. The van der Waals surface area contributed by atoms with E-state index >= 15 is 0 Å². The number of nitrogens with zero attached hydrogens (tertiary/aromatic N) is 3. The fourth-order valence-corrected chi connectivity index (χ4v) is 3.01. The Bertz CT molecular complexity index is 1030. The van der Waals surface area contributed by atoms with Crippen molar-refractivity contribution in [3.63, 3.8) is 0 Å². The van der Waals surface area contributed by atoms with Gasteiger partial charge in [0.25, 0.3) is 0 Å². The van der Waals surface area contributed by atoms with Crippen molar-refractivity contribution in [1.82, 2.24) is 14.5 Å². The van der Waals surface area contributed by atoms with E-state index in [0.717, 1.165) is 16.7 Å². The highest BCUT2D eigenvalue weighted by Gasteiger charge is 2.12. The van der Waals surface area contributed by atoms with Crippen LogP contribution in [0.2, 0.25) is 0 Å². The first-order chi connectivity index (χ1) is 12.8. The summed E-state index contributed by atoms with van der Waals surface area (Å²) < 4.78 is 2.13. The number of benzene rings is 2. The zero-order valence-corrected chi connectivity index (χ0v) is 14.8. The van der Waals surface area contributed by atoms with Gasteiger partial charge in [-0.05, 0) is 42.0 Å².